The Morgan fingerprint density at radius 1 is 1.18 bits per heavy atom. The Morgan fingerprint density at radius 3 is 2.59 bits per heavy atom. The Labute approximate surface area is 102 Å². The Morgan fingerprint density at radius 2 is 1.88 bits per heavy atom. The lowest BCUT2D eigenvalue weighted by molar-refractivity contribution is -0.136. The number of carboxylic acids is 1. The van der Waals surface area contributed by atoms with Crippen molar-refractivity contribution >= 4 is 11.7 Å². The molecule has 0 unspecified atom stereocenters. The van der Waals surface area contributed by atoms with Gasteiger partial charge < -0.3 is 10.0 Å². The first-order valence-electron chi connectivity index (χ1n) is 6.32. The number of hydrogen-bond acceptors (Lipinski definition) is 2. The van der Waals surface area contributed by atoms with Gasteiger partial charge in [-0.25, -0.2) is 0 Å². The van der Waals surface area contributed by atoms with Crippen molar-refractivity contribution in [2.45, 2.75) is 32.1 Å². The van der Waals surface area contributed by atoms with Crippen molar-refractivity contribution < 1.29 is 9.90 Å². The quantitative estimate of drug-likeness (QED) is 0.869. The molecule has 0 spiro atoms. The predicted molar refractivity (Wildman–Crippen MR) is 68.5 cm³/mol. The van der Waals surface area contributed by atoms with Crippen LogP contribution < -0.4 is 4.90 Å². The largest absolute Gasteiger partial charge is 0.481 e. The summed E-state index contributed by atoms with van der Waals surface area (Å²) in [6, 6.07) is 8.19. The number of nitrogens with zero attached hydrogens (tertiary/aromatic N) is 1. The first-order valence-corrected chi connectivity index (χ1v) is 6.32. The molecule has 1 aliphatic heterocycles. The van der Waals surface area contributed by atoms with Crippen LogP contribution in [-0.2, 0) is 11.2 Å². The predicted octanol–water partition coefficient (Wildman–Crippen LogP) is 2.69. The standard InChI is InChI=1S/C14H19NO2/c16-14(17)9-8-12-6-2-3-7-13(12)15-10-4-1-5-11-15/h2-3,6-7H,1,4-5,8-11H2,(H,16,17). The summed E-state index contributed by atoms with van der Waals surface area (Å²) in [5, 5.41) is 8.76. The highest BCUT2D eigenvalue weighted by Gasteiger charge is 2.14. The van der Waals surface area contributed by atoms with Gasteiger partial charge in [0.05, 0.1) is 0 Å². The fourth-order valence-corrected chi connectivity index (χ4v) is 2.41. The average molecular weight is 233 g/mol. The van der Waals surface area contributed by atoms with E-state index in [1.807, 2.05) is 18.2 Å². The smallest absolute Gasteiger partial charge is 0.303 e. The van der Waals surface area contributed by atoms with Crippen LogP contribution in [0.15, 0.2) is 24.3 Å². The van der Waals surface area contributed by atoms with Crippen LogP contribution in [0.3, 0.4) is 0 Å². The summed E-state index contributed by atoms with van der Waals surface area (Å²) in [4.78, 5) is 13.0. The van der Waals surface area contributed by atoms with Crippen LogP contribution in [0.5, 0.6) is 0 Å². The van der Waals surface area contributed by atoms with E-state index in [1.54, 1.807) is 0 Å². The summed E-state index contributed by atoms with van der Waals surface area (Å²) in [6.45, 7) is 2.20. The van der Waals surface area contributed by atoms with Gasteiger partial charge in [-0.2, -0.15) is 0 Å². The SMILES string of the molecule is O=C(O)CCc1ccccc1N1CCCCC1. The lowest BCUT2D eigenvalue weighted by Crippen LogP contribution is -2.30. The second-order valence-corrected chi connectivity index (χ2v) is 4.57. The minimum Gasteiger partial charge on any atom is -0.481 e. The molecule has 17 heavy (non-hydrogen) atoms. The van der Waals surface area contributed by atoms with Gasteiger partial charge in [0.2, 0.25) is 0 Å². The van der Waals surface area contributed by atoms with E-state index >= 15 is 0 Å². The summed E-state index contributed by atoms with van der Waals surface area (Å²) in [5.41, 5.74) is 2.39. The van der Waals surface area contributed by atoms with E-state index in [4.69, 9.17) is 5.11 Å². The molecule has 0 aliphatic carbocycles. The van der Waals surface area contributed by atoms with Crippen molar-refractivity contribution in [1.29, 1.82) is 0 Å². The highest BCUT2D eigenvalue weighted by atomic mass is 16.4. The Kier molecular flexibility index (Phi) is 4.02. The fourth-order valence-electron chi connectivity index (χ4n) is 2.41. The van der Waals surface area contributed by atoms with Crippen LogP contribution in [0.25, 0.3) is 0 Å². The molecular weight excluding hydrogens is 214 g/mol. The van der Waals surface area contributed by atoms with Crippen LogP contribution in [0, 0.1) is 0 Å². The molecule has 1 aliphatic rings. The molecule has 0 saturated carbocycles. The molecule has 0 amide bonds. The van der Waals surface area contributed by atoms with Gasteiger partial charge in [-0.3, -0.25) is 4.79 Å². The normalized spacial score (nSPS) is 15.9. The summed E-state index contributed by atoms with van der Waals surface area (Å²) >= 11 is 0. The van der Waals surface area contributed by atoms with Crippen molar-refractivity contribution in [3.05, 3.63) is 29.8 Å². The van der Waals surface area contributed by atoms with Crippen molar-refractivity contribution in [2.75, 3.05) is 18.0 Å². The van der Waals surface area contributed by atoms with E-state index in [0.717, 1.165) is 18.7 Å². The third-order valence-electron chi connectivity index (χ3n) is 3.30. The molecule has 1 fully saturated rings. The summed E-state index contributed by atoms with van der Waals surface area (Å²) in [5.74, 6) is -0.724. The number of rotatable bonds is 4. The van der Waals surface area contributed by atoms with Crippen LogP contribution in [-0.4, -0.2) is 24.2 Å². The second kappa shape index (κ2) is 5.71. The number of benzene rings is 1. The highest BCUT2D eigenvalue weighted by molar-refractivity contribution is 5.68. The number of carboxylic acid groups (broad SMARTS) is 1. The minimum atomic E-state index is -0.724. The van der Waals surface area contributed by atoms with E-state index in [2.05, 4.69) is 11.0 Å². The number of hydrogen-bond donors (Lipinski definition) is 1. The molecule has 0 radical (unpaired) electrons. The van der Waals surface area contributed by atoms with Gasteiger partial charge in [-0.05, 0) is 37.3 Å². The lowest BCUT2D eigenvalue weighted by Gasteiger charge is -2.30. The summed E-state index contributed by atoms with van der Waals surface area (Å²) in [6.07, 6.45) is 4.64. The van der Waals surface area contributed by atoms with Crippen LogP contribution in [0.2, 0.25) is 0 Å². The summed E-state index contributed by atoms with van der Waals surface area (Å²) < 4.78 is 0. The molecule has 0 aromatic heterocycles. The molecule has 3 nitrogen and oxygen atoms in total. The molecule has 1 heterocycles. The fraction of sp³-hybridized carbons (Fsp3) is 0.500. The number of aryl methyl sites for hydroxylation is 1. The van der Waals surface area contributed by atoms with Gasteiger partial charge in [0, 0.05) is 25.2 Å². The lowest BCUT2D eigenvalue weighted by atomic mass is 10.0. The second-order valence-electron chi connectivity index (χ2n) is 4.57. The zero-order valence-corrected chi connectivity index (χ0v) is 10.1. The number of para-hydroxylation sites is 1. The Hall–Kier alpha value is -1.51. The molecule has 92 valence electrons. The van der Waals surface area contributed by atoms with Gasteiger partial charge in [0.25, 0.3) is 0 Å². The average Bonchev–Trinajstić information content (AvgIpc) is 2.38. The van der Waals surface area contributed by atoms with Crippen LogP contribution in [0.1, 0.15) is 31.2 Å². The molecule has 1 N–H and O–H groups in total. The minimum absolute atomic E-state index is 0.213. The molecule has 2 rings (SSSR count). The maximum atomic E-state index is 10.6. The molecule has 1 aromatic carbocycles. The van der Waals surface area contributed by atoms with Crippen LogP contribution >= 0.6 is 0 Å². The summed E-state index contributed by atoms with van der Waals surface area (Å²) in [7, 11) is 0. The van der Waals surface area contributed by atoms with Crippen molar-refractivity contribution in [3.63, 3.8) is 0 Å². The van der Waals surface area contributed by atoms with Gasteiger partial charge in [0.15, 0.2) is 0 Å². The van der Waals surface area contributed by atoms with Gasteiger partial charge in [-0.1, -0.05) is 18.2 Å². The van der Waals surface area contributed by atoms with E-state index in [9.17, 15) is 4.79 Å². The van der Waals surface area contributed by atoms with Gasteiger partial charge >= 0.3 is 5.97 Å². The number of anilines is 1. The van der Waals surface area contributed by atoms with E-state index in [0.29, 0.717) is 6.42 Å². The first kappa shape index (κ1) is 12.0. The van der Waals surface area contributed by atoms with Crippen LogP contribution in [0.4, 0.5) is 5.69 Å². The Bertz CT molecular complexity index is 384. The van der Waals surface area contributed by atoms with E-state index in [1.165, 1.54) is 24.9 Å². The maximum absolute atomic E-state index is 10.6. The zero-order valence-electron chi connectivity index (χ0n) is 10.1. The number of piperidine rings is 1. The first-order chi connectivity index (χ1) is 8.27. The Balaban J connectivity index is 2.11. The molecule has 1 saturated heterocycles. The topological polar surface area (TPSA) is 40.5 Å². The van der Waals surface area contributed by atoms with Crippen molar-refractivity contribution in [3.8, 4) is 0 Å². The highest BCUT2D eigenvalue weighted by Crippen LogP contribution is 2.24. The molecule has 0 bridgehead atoms. The molecule has 0 atom stereocenters. The maximum Gasteiger partial charge on any atom is 0.303 e. The third kappa shape index (κ3) is 3.22. The van der Waals surface area contributed by atoms with Gasteiger partial charge in [-0.15, -0.1) is 0 Å². The number of carbonyl (C=O) groups is 1. The molecule has 3 heteroatoms. The monoisotopic (exact) mass is 233 g/mol. The van der Waals surface area contributed by atoms with E-state index < -0.39 is 5.97 Å². The third-order valence-corrected chi connectivity index (χ3v) is 3.30. The van der Waals surface area contributed by atoms with E-state index in [-0.39, 0.29) is 6.42 Å². The molecular formula is C14H19NO2. The van der Waals surface area contributed by atoms with Crippen molar-refractivity contribution in [1.82, 2.24) is 0 Å². The number of aliphatic carboxylic acids is 1. The zero-order chi connectivity index (χ0) is 12.1. The van der Waals surface area contributed by atoms with Gasteiger partial charge in [0.1, 0.15) is 0 Å². The van der Waals surface area contributed by atoms with Crippen molar-refractivity contribution in [2.24, 2.45) is 0 Å². The molecule has 1 aromatic rings.